The Kier molecular flexibility index (Phi) is 15.4. The summed E-state index contributed by atoms with van der Waals surface area (Å²) in [6, 6.07) is 12.1. The summed E-state index contributed by atoms with van der Waals surface area (Å²) in [7, 11) is 7.57. The first-order valence-electron chi connectivity index (χ1n) is 27.5. The summed E-state index contributed by atoms with van der Waals surface area (Å²) in [6.07, 6.45) is 6.86. The predicted octanol–water partition coefficient (Wildman–Crippen LogP) is 4.98. The zero-order valence-corrected chi connectivity index (χ0v) is 45.5. The van der Waals surface area contributed by atoms with Crippen molar-refractivity contribution in [2.45, 2.75) is 176 Å². The second kappa shape index (κ2) is 21.6. The lowest BCUT2D eigenvalue weighted by Gasteiger charge is -2.58. The Morgan fingerprint density at radius 3 is 2.30 bits per heavy atom. The van der Waals surface area contributed by atoms with Crippen LogP contribution in [-0.4, -0.2) is 168 Å². The number of nitrogens with one attached hydrogen (secondary N) is 2. The number of benzene rings is 2. The van der Waals surface area contributed by atoms with Gasteiger partial charge in [-0.15, -0.1) is 0 Å². The maximum absolute atomic E-state index is 13.5. The number of likely N-dealkylation sites (tertiary alicyclic amines) is 2. The van der Waals surface area contributed by atoms with Crippen LogP contribution in [0.1, 0.15) is 94.0 Å². The number of likely N-dealkylation sites (N-methyl/N-ethyl adjacent to an activating group) is 2. The van der Waals surface area contributed by atoms with Crippen molar-refractivity contribution in [1.82, 2.24) is 20.4 Å². The number of aliphatic hydroxyl groups excluding tert-OH is 3. The van der Waals surface area contributed by atoms with E-state index >= 15 is 0 Å². The fraction of sp³-hybridized carbons (Fsp3) is 0.684. The highest BCUT2D eigenvalue weighted by Crippen LogP contribution is 2.63. The molecule has 6 unspecified atom stereocenters. The van der Waals surface area contributed by atoms with Gasteiger partial charge in [0.1, 0.15) is 36.6 Å². The highest BCUT2D eigenvalue weighted by Gasteiger charge is 2.65. The van der Waals surface area contributed by atoms with Gasteiger partial charge < -0.3 is 64.2 Å². The zero-order valence-electron chi connectivity index (χ0n) is 43.9. The van der Waals surface area contributed by atoms with Gasteiger partial charge in [0.05, 0.1) is 12.2 Å². The fourth-order valence-corrected chi connectivity index (χ4v) is 16.3. The topological polar surface area (TPSA) is 181 Å². The number of amides is 2. The van der Waals surface area contributed by atoms with Gasteiger partial charge >= 0.3 is 0 Å². The third kappa shape index (κ3) is 9.67. The molecular formula is C57H78N4O11S2. The summed E-state index contributed by atoms with van der Waals surface area (Å²) in [4.78, 5) is 31.8. The van der Waals surface area contributed by atoms with Crippen LogP contribution in [0, 0.1) is 17.8 Å². The molecule has 0 saturated carbocycles. The Morgan fingerprint density at radius 2 is 1.53 bits per heavy atom. The van der Waals surface area contributed by atoms with Crippen molar-refractivity contribution in [2.24, 2.45) is 17.8 Å². The molecule has 0 radical (unpaired) electrons. The molecule has 4 fully saturated rings. The van der Waals surface area contributed by atoms with E-state index in [-0.39, 0.29) is 41.6 Å². The van der Waals surface area contributed by atoms with Gasteiger partial charge in [-0.25, -0.2) is 0 Å². The maximum Gasteiger partial charge on any atom is 0.252 e. The number of hydrogen-bond acceptors (Lipinski definition) is 15. The lowest BCUT2D eigenvalue weighted by molar-refractivity contribution is -0.299. The molecule has 0 aromatic heterocycles. The average Bonchev–Trinajstić information content (AvgIpc) is 3.78. The van der Waals surface area contributed by atoms with Crippen molar-refractivity contribution >= 4 is 33.4 Å². The minimum absolute atomic E-state index is 0.0176. The van der Waals surface area contributed by atoms with Gasteiger partial charge in [-0.05, 0) is 133 Å². The minimum Gasteiger partial charge on any atom is -0.487 e. The quantitative estimate of drug-likeness (QED) is 0.0814. The molecule has 404 valence electrons. The van der Waals surface area contributed by atoms with E-state index in [0.717, 1.165) is 63.1 Å². The fourth-order valence-electron chi connectivity index (χ4n) is 14.5. The van der Waals surface area contributed by atoms with E-state index in [1.807, 2.05) is 13.8 Å². The number of hydrogen-bond donors (Lipinski definition) is 5. The van der Waals surface area contributed by atoms with Gasteiger partial charge in [-0.1, -0.05) is 84.0 Å². The lowest BCUT2D eigenvalue weighted by atomic mass is 9.53. The number of fused-ring (bicyclic) bond motifs is 1. The molecule has 16 atom stereocenters. The summed E-state index contributed by atoms with van der Waals surface area (Å²) < 4.78 is 38.9. The molecule has 74 heavy (non-hydrogen) atoms. The van der Waals surface area contributed by atoms with E-state index < -0.39 is 55.1 Å². The molecule has 2 aromatic carbocycles. The molecule has 17 heteroatoms. The molecule has 5 heterocycles. The van der Waals surface area contributed by atoms with Crippen molar-refractivity contribution in [1.29, 1.82) is 0 Å². The number of rotatable bonds is 17. The predicted molar refractivity (Wildman–Crippen MR) is 284 cm³/mol. The standard InChI is InChI=1S/C57H78N4O11S2/c1-31(2)26-33-10-11-34-28-40-37-14-13-36(30-56(37,39(34)27-33)18-22-60(40)5)68-55-49(64)47(62)48(63)51(72-55)54(66)59-21-25-74-73-24-20-58-53(65)44-8-7-9-45(70-44)69-43-17-15-38-41-29-35-12-16-42(67-32(3)4)50-46(35)57(38,52(43)71-50)19-23-61(41)6/h10-17,27,31-32,36-38,40-41,43-45,47-49,51-52,55,62-64H,7-9,18-26,28-30H2,1-6H3,(H,58,65)(H,59,66)/t36-,37?,38?,40+,41+,43-,44?,45?,47-,48+,49-,51?,52-,55?,56-,57-/m0/s1. The van der Waals surface area contributed by atoms with Gasteiger partial charge in [0, 0.05) is 64.9 Å². The van der Waals surface area contributed by atoms with Gasteiger partial charge in [-0.3, -0.25) is 9.59 Å². The van der Waals surface area contributed by atoms with Crippen LogP contribution in [0.4, 0.5) is 0 Å². The van der Waals surface area contributed by atoms with Crippen LogP contribution in [0.2, 0.25) is 0 Å². The monoisotopic (exact) mass is 1060 g/mol. The van der Waals surface area contributed by atoms with Crippen LogP contribution in [0.5, 0.6) is 11.5 Å². The van der Waals surface area contributed by atoms with Gasteiger partial charge in [0.2, 0.25) is 5.91 Å². The Bertz CT molecular complexity index is 2460. The molecule has 5 N–H and O–H groups in total. The highest BCUT2D eigenvalue weighted by molar-refractivity contribution is 8.76. The molecule has 2 amide bonds. The Hall–Kier alpha value is -3.20. The summed E-state index contributed by atoms with van der Waals surface area (Å²) in [6.45, 7) is 11.2. The number of carbonyl (C=O) groups excluding carboxylic acids is 2. The van der Waals surface area contributed by atoms with E-state index in [1.165, 1.54) is 27.8 Å². The molecule has 1 spiro atoms. The van der Waals surface area contributed by atoms with Gasteiger partial charge in [0.15, 0.2) is 30.2 Å². The molecule has 9 aliphatic rings. The molecule has 15 nitrogen and oxygen atoms in total. The first-order chi connectivity index (χ1) is 35.6. The normalized spacial score (nSPS) is 37.7. The van der Waals surface area contributed by atoms with Crippen LogP contribution in [0.15, 0.2) is 54.6 Å². The van der Waals surface area contributed by atoms with E-state index in [0.29, 0.717) is 67.2 Å². The molecule has 4 saturated heterocycles. The first-order valence-corrected chi connectivity index (χ1v) is 30.0. The van der Waals surface area contributed by atoms with Crippen LogP contribution in [0.25, 0.3) is 0 Å². The van der Waals surface area contributed by atoms with E-state index in [4.69, 9.17) is 28.4 Å². The molecule has 4 bridgehead atoms. The lowest BCUT2D eigenvalue weighted by Crippen LogP contribution is -2.65. The summed E-state index contributed by atoms with van der Waals surface area (Å²) >= 11 is 0. The van der Waals surface area contributed by atoms with Crippen molar-refractivity contribution in [3.05, 3.63) is 82.5 Å². The summed E-state index contributed by atoms with van der Waals surface area (Å²) in [5, 5.41) is 38.9. The smallest absolute Gasteiger partial charge is 0.252 e. The van der Waals surface area contributed by atoms with Crippen LogP contribution < -0.4 is 20.1 Å². The molecule has 5 aliphatic heterocycles. The number of piperidine rings is 2. The molecular weight excluding hydrogens is 981 g/mol. The number of carbonyl (C=O) groups is 2. The van der Waals surface area contributed by atoms with E-state index in [1.54, 1.807) is 21.6 Å². The largest absolute Gasteiger partial charge is 0.487 e. The Morgan fingerprint density at radius 1 is 0.811 bits per heavy atom. The third-order valence-corrected chi connectivity index (χ3v) is 20.3. The Labute approximate surface area is 444 Å². The van der Waals surface area contributed by atoms with Crippen molar-refractivity contribution in [3.8, 4) is 11.5 Å². The maximum atomic E-state index is 13.5. The van der Waals surface area contributed by atoms with E-state index in [2.05, 4.69) is 103 Å². The summed E-state index contributed by atoms with van der Waals surface area (Å²) in [5.74, 6) is 3.26. The van der Waals surface area contributed by atoms with Crippen LogP contribution in [0.3, 0.4) is 0 Å². The average molecular weight is 1060 g/mol. The van der Waals surface area contributed by atoms with Crippen LogP contribution >= 0.6 is 21.6 Å². The molecule has 2 aromatic rings. The minimum atomic E-state index is -1.64. The second-order valence-corrected chi connectivity index (χ2v) is 26.0. The third-order valence-electron chi connectivity index (χ3n) is 17.9. The van der Waals surface area contributed by atoms with Gasteiger partial charge in [0.25, 0.3) is 5.91 Å². The number of ether oxygens (including phenoxy) is 6. The van der Waals surface area contributed by atoms with Crippen molar-refractivity contribution in [2.75, 3.05) is 51.8 Å². The van der Waals surface area contributed by atoms with Crippen molar-refractivity contribution < 1.29 is 53.3 Å². The van der Waals surface area contributed by atoms with Gasteiger partial charge in [-0.2, -0.15) is 0 Å². The van der Waals surface area contributed by atoms with E-state index in [9.17, 15) is 24.9 Å². The van der Waals surface area contributed by atoms with Crippen LogP contribution in [-0.2, 0) is 58.6 Å². The summed E-state index contributed by atoms with van der Waals surface area (Å²) in [5.41, 5.74) is 6.38. The number of aliphatic hydroxyl groups is 3. The molecule has 11 rings (SSSR count). The molecule has 4 aliphatic carbocycles. The Balaban J connectivity index is 0.626. The van der Waals surface area contributed by atoms with Crippen molar-refractivity contribution in [3.63, 3.8) is 0 Å². The SMILES string of the molecule is CC(C)Cc1ccc2c(c1)[C@]13CCN(C)[C@H](C2)C1C=C[C@H](OC1OC(C(=O)NCCSSCCNC(=O)C2CCCC(O[C@H]4C=CC5[C@H]6Cc7ccc(OC(C)C)c8c7[C@@]5(CCN6C)[C@H]4O8)O2)[C@H](O)[C@H](O)[C@@H]1O)C3. The highest BCUT2D eigenvalue weighted by atomic mass is 33.1. The zero-order chi connectivity index (χ0) is 51.6. The first kappa shape index (κ1) is 52.8. The second-order valence-electron chi connectivity index (χ2n) is 23.3. The number of nitrogens with zero attached hydrogens (tertiary/aromatic N) is 2.